The third-order valence-corrected chi connectivity index (χ3v) is 3.80. The summed E-state index contributed by atoms with van der Waals surface area (Å²) >= 11 is 0. The number of hydrogen-bond donors (Lipinski definition) is 1. The van der Waals surface area contributed by atoms with Crippen LogP contribution in [0.15, 0.2) is 18.5 Å². The number of piperidine rings is 1. The molecule has 1 atom stereocenters. The first kappa shape index (κ1) is 13.8. The zero-order valence-electron chi connectivity index (χ0n) is 11.9. The van der Waals surface area contributed by atoms with E-state index in [4.69, 9.17) is 0 Å². The number of amides is 1. The molecule has 19 heavy (non-hydrogen) atoms. The first-order valence-electron chi connectivity index (χ1n) is 7.23. The molecule has 1 unspecified atom stereocenters. The van der Waals surface area contributed by atoms with Gasteiger partial charge in [-0.3, -0.25) is 9.78 Å². The van der Waals surface area contributed by atoms with Crippen molar-refractivity contribution in [3.8, 4) is 0 Å². The van der Waals surface area contributed by atoms with Crippen LogP contribution in [0.4, 0.5) is 5.69 Å². The van der Waals surface area contributed by atoms with Crippen molar-refractivity contribution in [1.29, 1.82) is 0 Å². The lowest BCUT2D eigenvalue weighted by molar-refractivity contribution is 0.0672. The predicted octanol–water partition coefficient (Wildman–Crippen LogP) is 2.78. The molecule has 4 heteroatoms. The third-order valence-electron chi connectivity index (χ3n) is 3.80. The van der Waals surface area contributed by atoms with Crippen LogP contribution >= 0.6 is 0 Å². The first-order chi connectivity index (χ1) is 9.26. The molecule has 1 N–H and O–H groups in total. The minimum atomic E-state index is 0.113. The molecule has 2 rings (SSSR count). The van der Waals surface area contributed by atoms with E-state index in [9.17, 15) is 4.79 Å². The molecular weight excluding hydrogens is 238 g/mol. The largest absolute Gasteiger partial charge is 0.385 e. The summed E-state index contributed by atoms with van der Waals surface area (Å²) in [6.45, 7) is 6.79. The van der Waals surface area contributed by atoms with Gasteiger partial charge in [0.05, 0.1) is 11.3 Å². The molecule has 1 aliphatic heterocycles. The molecule has 2 heterocycles. The van der Waals surface area contributed by atoms with Crippen molar-refractivity contribution in [3.63, 3.8) is 0 Å². The maximum atomic E-state index is 12.6. The number of hydrogen-bond acceptors (Lipinski definition) is 3. The van der Waals surface area contributed by atoms with Crippen molar-refractivity contribution in [2.75, 3.05) is 25.0 Å². The highest BCUT2D eigenvalue weighted by Crippen LogP contribution is 2.23. The second kappa shape index (κ2) is 6.55. The smallest absolute Gasteiger partial charge is 0.257 e. The number of nitrogens with one attached hydrogen (secondary N) is 1. The summed E-state index contributed by atoms with van der Waals surface area (Å²) < 4.78 is 0. The van der Waals surface area contributed by atoms with E-state index in [2.05, 4.69) is 17.2 Å². The lowest BCUT2D eigenvalue weighted by atomic mass is 9.95. The van der Waals surface area contributed by atoms with Crippen molar-refractivity contribution in [2.45, 2.75) is 33.1 Å². The Morgan fingerprint density at radius 2 is 2.37 bits per heavy atom. The Morgan fingerprint density at radius 1 is 1.53 bits per heavy atom. The van der Waals surface area contributed by atoms with Crippen LogP contribution in [-0.4, -0.2) is 35.4 Å². The van der Waals surface area contributed by atoms with Gasteiger partial charge in [0, 0.05) is 32.0 Å². The average molecular weight is 261 g/mol. The van der Waals surface area contributed by atoms with E-state index >= 15 is 0 Å². The summed E-state index contributed by atoms with van der Waals surface area (Å²) in [5.41, 5.74) is 1.59. The molecule has 0 radical (unpaired) electrons. The van der Waals surface area contributed by atoms with Gasteiger partial charge in [0.2, 0.25) is 0 Å². The highest BCUT2D eigenvalue weighted by Gasteiger charge is 2.24. The van der Waals surface area contributed by atoms with Crippen LogP contribution in [-0.2, 0) is 0 Å². The molecule has 104 valence electrons. The minimum absolute atomic E-state index is 0.113. The number of carbonyl (C=O) groups is 1. The summed E-state index contributed by atoms with van der Waals surface area (Å²) in [4.78, 5) is 18.7. The average Bonchev–Trinajstić information content (AvgIpc) is 2.47. The van der Waals surface area contributed by atoms with Gasteiger partial charge in [0.15, 0.2) is 0 Å². The minimum Gasteiger partial charge on any atom is -0.385 e. The van der Waals surface area contributed by atoms with Crippen LogP contribution < -0.4 is 5.32 Å². The van der Waals surface area contributed by atoms with Crippen molar-refractivity contribution >= 4 is 11.6 Å². The molecule has 1 amide bonds. The highest BCUT2D eigenvalue weighted by molar-refractivity contribution is 5.99. The predicted molar refractivity (Wildman–Crippen MR) is 77.3 cm³/mol. The Morgan fingerprint density at radius 3 is 3.11 bits per heavy atom. The quantitative estimate of drug-likeness (QED) is 0.906. The van der Waals surface area contributed by atoms with Crippen molar-refractivity contribution in [1.82, 2.24) is 9.88 Å². The molecule has 0 spiro atoms. The maximum absolute atomic E-state index is 12.6. The van der Waals surface area contributed by atoms with Crippen LogP contribution in [0.1, 0.15) is 43.5 Å². The zero-order valence-corrected chi connectivity index (χ0v) is 11.9. The Hall–Kier alpha value is -1.58. The highest BCUT2D eigenvalue weighted by atomic mass is 16.2. The van der Waals surface area contributed by atoms with E-state index in [-0.39, 0.29) is 5.91 Å². The first-order valence-corrected chi connectivity index (χ1v) is 7.23. The van der Waals surface area contributed by atoms with E-state index in [1.54, 1.807) is 12.4 Å². The standard InChI is InChI=1S/C15H23N3O/c1-3-12-6-5-9-18(11-12)15(19)13-10-16-8-7-14(13)17-4-2/h7-8,10,12H,3-6,9,11H2,1-2H3,(H,16,17). The van der Waals surface area contributed by atoms with Crippen LogP contribution in [0.3, 0.4) is 0 Å². The van der Waals surface area contributed by atoms with E-state index in [0.717, 1.165) is 38.2 Å². The fourth-order valence-corrected chi connectivity index (χ4v) is 2.66. The maximum Gasteiger partial charge on any atom is 0.257 e. The number of aromatic nitrogens is 1. The Balaban J connectivity index is 2.14. The van der Waals surface area contributed by atoms with Gasteiger partial charge >= 0.3 is 0 Å². The van der Waals surface area contributed by atoms with Gasteiger partial charge < -0.3 is 10.2 Å². The van der Waals surface area contributed by atoms with Gasteiger partial charge in [-0.05, 0) is 31.7 Å². The molecule has 1 aliphatic rings. The van der Waals surface area contributed by atoms with Crippen LogP contribution in [0.2, 0.25) is 0 Å². The van der Waals surface area contributed by atoms with Crippen LogP contribution in [0.5, 0.6) is 0 Å². The number of pyridine rings is 1. The number of likely N-dealkylation sites (tertiary alicyclic amines) is 1. The zero-order chi connectivity index (χ0) is 13.7. The second-order valence-electron chi connectivity index (χ2n) is 5.12. The summed E-state index contributed by atoms with van der Waals surface area (Å²) in [5, 5.41) is 3.23. The van der Waals surface area contributed by atoms with Gasteiger partial charge in [0.1, 0.15) is 0 Å². The Kier molecular flexibility index (Phi) is 4.77. The Labute approximate surface area is 115 Å². The topological polar surface area (TPSA) is 45.2 Å². The van der Waals surface area contributed by atoms with Gasteiger partial charge in [-0.1, -0.05) is 13.3 Å². The lowest BCUT2D eigenvalue weighted by Crippen LogP contribution is -2.40. The number of nitrogens with zero attached hydrogens (tertiary/aromatic N) is 2. The van der Waals surface area contributed by atoms with Crippen molar-refractivity contribution < 1.29 is 4.79 Å². The van der Waals surface area contributed by atoms with Crippen molar-refractivity contribution in [3.05, 3.63) is 24.0 Å². The summed E-state index contributed by atoms with van der Waals surface area (Å²) in [7, 11) is 0. The molecule has 1 saturated heterocycles. The Bertz CT molecular complexity index is 433. The summed E-state index contributed by atoms with van der Waals surface area (Å²) in [6, 6.07) is 1.87. The normalized spacial score (nSPS) is 19.3. The molecule has 1 aromatic rings. The van der Waals surface area contributed by atoms with Crippen LogP contribution in [0, 0.1) is 5.92 Å². The molecular formula is C15H23N3O. The van der Waals surface area contributed by atoms with E-state index in [1.165, 1.54) is 6.42 Å². The molecule has 4 nitrogen and oxygen atoms in total. The third kappa shape index (κ3) is 3.25. The number of carbonyl (C=O) groups excluding carboxylic acids is 1. The lowest BCUT2D eigenvalue weighted by Gasteiger charge is -2.32. The van der Waals surface area contributed by atoms with E-state index in [1.807, 2.05) is 17.9 Å². The molecule has 0 saturated carbocycles. The monoisotopic (exact) mass is 261 g/mol. The summed E-state index contributed by atoms with van der Waals surface area (Å²) in [5.74, 6) is 0.763. The molecule has 1 aromatic heterocycles. The van der Waals surface area contributed by atoms with Crippen molar-refractivity contribution in [2.24, 2.45) is 5.92 Å². The molecule has 0 bridgehead atoms. The van der Waals surface area contributed by atoms with Gasteiger partial charge in [-0.2, -0.15) is 0 Å². The molecule has 1 fully saturated rings. The molecule has 0 aliphatic carbocycles. The SMILES string of the molecule is CCNc1ccncc1C(=O)N1CCCC(CC)C1. The van der Waals surface area contributed by atoms with E-state index in [0.29, 0.717) is 11.5 Å². The summed E-state index contributed by atoms with van der Waals surface area (Å²) in [6.07, 6.45) is 6.90. The number of rotatable bonds is 4. The number of anilines is 1. The molecule has 0 aromatic carbocycles. The fourth-order valence-electron chi connectivity index (χ4n) is 2.66. The van der Waals surface area contributed by atoms with E-state index < -0.39 is 0 Å². The van der Waals surface area contributed by atoms with Gasteiger partial charge in [-0.15, -0.1) is 0 Å². The van der Waals surface area contributed by atoms with Gasteiger partial charge in [-0.25, -0.2) is 0 Å². The van der Waals surface area contributed by atoms with Crippen LogP contribution in [0.25, 0.3) is 0 Å². The second-order valence-corrected chi connectivity index (χ2v) is 5.12. The van der Waals surface area contributed by atoms with Gasteiger partial charge in [0.25, 0.3) is 5.91 Å². The fraction of sp³-hybridized carbons (Fsp3) is 0.600.